The van der Waals surface area contributed by atoms with Gasteiger partial charge in [0, 0.05) is 37.5 Å². The van der Waals surface area contributed by atoms with Crippen LogP contribution in [-0.2, 0) is 0 Å². The molecule has 0 spiro atoms. The molecule has 1 saturated heterocycles. The van der Waals surface area contributed by atoms with E-state index in [9.17, 15) is 4.79 Å². The van der Waals surface area contributed by atoms with E-state index in [2.05, 4.69) is 34.0 Å². The van der Waals surface area contributed by atoms with Crippen LogP contribution in [0.1, 0.15) is 11.4 Å². The summed E-state index contributed by atoms with van der Waals surface area (Å²) in [6.07, 6.45) is 3.05. The highest BCUT2D eigenvalue weighted by Crippen LogP contribution is 2.27. The molecular weight excluding hydrogens is 382 g/mol. The van der Waals surface area contributed by atoms with Gasteiger partial charge in [-0.15, -0.1) is 11.3 Å². The Bertz CT molecular complexity index is 1260. The van der Waals surface area contributed by atoms with Gasteiger partial charge in [-0.05, 0) is 51.2 Å². The molecule has 0 N–H and O–H groups in total. The molecule has 0 amide bonds. The van der Waals surface area contributed by atoms with Crippen LogP contribution in [0, 0.1) is 6.92 Å². The fourth-order valence-electron chi connectivity index (χ4n) is 3.93. The monoisotopic (exact) mass is 405 g/mol. The van der Waals surface area contributed by atoms with Gasteiger partial charge in [0.2, 0.25) is 0 Å². The van der Waals surface area contributed by atoms with Crippen molar-refractivity contribution >= 4 is 32.9 Å². The normalized spacial score (nSPS) is 15.9. The summed E-state index contributed by atoms with van der Waals surface area (Å²) < 4.78 is 2.80. The highest BCUT2D eigenvalue weighted by molar-refractivity contribution is 7.18. The lowest BCUT2D eigenvalue weighted by Gasteiger charge is -2.23. The average Bonchev–Trinajstić information content (AvgIpc) is 2.95. The molecular formula is C22H23N5OS. The minimum atomic E-state index is -0.0617. The summed E-state index contributed by atoms with van der Waals surface area (Å²) in [4.78, 5) is 26.9. The summed E-state index contributed by atoms with van der Waals surface area (Å²) >= 11 is 1.67. The number of fused-ring (bicyclic) bond motifs is 2. The number of nitrogens with zero attached hydrogens (tertiary/aromatic N) is 5. The van der Waals surface area contributed by atoms with Crippen LogP contribution in [0.4, 0.5) is 5.69 Å². The maximum Gasteiger partial charge on any atom is 0.258 e. The molecule has 0 aliphatic carbocycles. The van der Waals surface area contributed by atoms with Gasteiger partial charge < -0.3 is 9.80 Å². The van der Waals surface area contributed by atoms with E-state index < -0.39 is 0 Å². The minimum Gasteiger partial charge on any atom is -0.369 e. The molecule has 1 aliphatic rings. The van der Waals surface area contributed by atoms with Crippen LogP contribution in [0.25, 0.3) is 27.1 Å². The van der Waals surface area contributed by atoms with E-state index in [1.807, 2.05) is 31.3 Å². The van der Waals surface area contributed by atoms with Gasteiger partial charge in [-0.1, -0.05) is 6.07 Å². The smallest absolute Gasteiger partial charge is 0.258 e. The summed E-state index contributed by atoms with van der Waals surface area (Å²) in [5, 5.41) is 1.04. The van der Waals surface area contributed by atoms with E-state index in [1.165, 1.54) is 0 Å². The summed E-state index contributed by atoms with van der Waals surface area (Å²) in [5.41, 5.74) is 4.23. The Morgan fingerprint density at radius 2 is 1.90 bits per heavy atom. The van der Waals surface area contributed by atoms with Crippen molar-refractivity contribution in [3.8, 4) is 11.3 Å². The van der Waals surface area contributed by atoms with Crippen LogP contribution in [-0.4, -0.2) is 52.5 Å². The number of hydrogen-bond donors (Lipinski definition) is 0. The SMILES string of the molecule is Cc1nc2cc(-c3cc(=O)n4cc(N5CCCN(C)CC5)ccc4n3)ccc2s1. The van der Waals surface area contributed by atoms with Gasteiger partial charge in [-0.3, -0.25) is 9.20 Å². The average molecular weight is 406 g/mol. The first-order chi connectivity index (χ1) is 14.1. The quantitative estimate of drug-likeness (QED) is 0.511. The molecule has 0 bridgehead atoms. The number of thiazole rings is 1. The fraction of sp³-hybridized carbons (Fsp3) is 0.318. The number of benzene rings is 1. The Labute approximate surface area is 173 Å². The third-order valence-corrected chi connectivity index (χ3v) is 6.47. The predicted octanol–water partition coefficient (Wildman–Crippen LogP) is 3.42. The molecule has 0 atom stereocenters. The third kappa shape index (κ3) is 3.52. The van der Waals surface area contributed by atoms with Gasteiger partial charge >= 0.3 is 0 Å². The van der Waals surface area contributed by atoms with Gasteiger partial charge in [-0.25, -0.2) is 9.97 Å². The van der Waals surface area contributed by atoms with Crippen LogP contribution in [0.3, 0.4) is 0 Å². The lowest BCUT2D eigenvalue weighted by molar-refractivity contribution is 0.360. The maximum atomic E-state index is 12.9. The van der Waals surface area contributed by atoms with E-state index in [0.29, 0.717) is 11.3 Å². The molecule has 6 nitrogen and oxygen atoms in total. The third-order valence-electron chi connectivity index (χ3n) is 5.52. The lowest BCUT2D eigenvalue weighted by atomic mass is 10.1. The molecule has 7 heteroatoms. The van der Waals surface area contributed by atoms with E-state index >= 15 is 0 Å². The first kappa shape index (κ1) is 18.3. The molecule has 0 saturated carbocycles. The molecule has 4 aromatic rings. The Balaban J connectivity index is 1.53. The molecule has 5 rings (SSSR count). The second kappa shape index (κ2) is 7.24. The Hall–Kier alpha value is -2.77. The van der Waals surface area contributed by atoms with Gasteiger partial charge in [0.1, 0.15) is 5.65 Å². The molecule has 1 aromatic carbocycles. The largest absolute Gasteiger partial charge is 0.369 e. The lowest BCUT2D eigenvalue weighted by Crippen LogP contribution is -2.29. The van der Waals surface area contributed by atoms with Crippen LogP contribution in [0.2, 0.25) is 0 Å². The fourth-order valence-corrected chi connectivity index (χ4v) is 4.74. The Kier molecular flexibility index (Phi) is 4.56. The first-order valence-electron chi connectivity index (χ1n) is 9.91. The molecule has 1 aliphatic heterocycles. The van der Waals surface area contributed by atoms with E-state index in [1.54, 1.807) is 21.8 Å². The molecule has 4 heterocycles. The molecule has 0 radical (unpaired) electrons. The summed E-state index contributed by atoms with van der Waals surface area (Å²) in [7, 11) is 2.16. The number of aryl methyl sites for hydroxylation is 1. The number of rotatable bonds is 2. The van der Waals surface area contributed by atoms with Crippen molar-refractivity contribution in [1.82, 2.24) is 19.3 Å². The molecule has 148 valence electrons. The standard InChI is InChI=1S/C22H23N5OS/c1-15-23-19-12-16(4-6-20(19)29-15)18-13-22(28)27-14-17(5-7-21(27)24-18)26-9-3-8-25(2)10-11-26/h4-7,12-14H,3,8-11H2,1-2H3. The predicted molar refractivity (Wildman–Crippen MR) is 119 cm³/mol. The van der Waals surface area contributed by atoms with Crippen molar-refractivity contribution in [2.75, 3.05) is 38.1 Å². The van der Waals surface area contributed by atoms with Crippen molar-refractivity contribution < 1.29 is 0 Å². The molecule has 29 heavy (non-hydrogen) atoms. The Morgan fingerprint density at radius 3 is 2.79 bits per heavy atom. The number of aromatic nitrogens is 3. The van der Waals surface area contributed by atoms with Crippen molar-refractivity contribution in [2.24, 2.45) is 0 Å². The van der Waals surface area contributed by atoms with Gasteiger partial charge in [0.15, 0.2) is 0 Å². The zero-order valence-corrected chi connectivity index (χ0v) is 17.4. The van der Waals surface area contributed by atoms with Crippen molar-refractivity contribution in [3.63, 3.8) is 0 Å². The minimum absolute atomic E-state index is 0.0617. The zero-order valence-electron chi connectivity index (χ0n) is 16.6. The molecule has 1 fully saturated rings. The van der Waals surface area contributed by atoms with Crippen molar-refractivity contribution in [3.05, 3.63) is 58.0 Å². The number of hydrogen-bond acceptors (Lipinski definition) is 6. The summed E-state index contributed by atoms with van der Waals surface area (Å²) in [5.74, 6) is 0. The first-order valence-corrected chi connectivity index (χ1v) is 10.7. The van der Waals surface area contributed by atoms with E-state index in [-0.39, 0.29) is 5.56 Å². The zero-order chi connectivity index (χ0) is 20.0. The van der Waals surface area contributed by atoms with Gasteiger partial charge in [0.25, 0.3) is 5.56 Å². The number of pyridine rings is 1. The van der Waals surface area contributed by atoms with Crippen molar-refractivity contribution in [2.45, 2.75) is 13.3 Å². The highest BCUT2D eigenvalue weighted by atomic mass is 32.1. The van der Waals surface area contributed by atoms with Gasteiger partial charge in [0.05, 0.1) is 26.6 Å². The second-order valence-electron chi connectivity index (χ2n) is 7.65. The van der Waals surface area contributed by atoms with Crippen LogP contribution in [0.15, 0.2) is 47.4 Å². The molecule has 0 unspecified atom stereocenters. The van der Waals surface area contributed by atoms with Crippen LogP contribution in [0.5, 0.6) is 0 Å². The van der Waals surface area contributed by atoms with Crippen LogP contribution >= 0.6 is 11.3 Å². The van der Waals surface area contributed by atoms with Crippen LogP contribution < -0.4 is 10.5 Å². The van der Waals surface area contributed by atoms with E-state index in [0.717, 1.165) is 59.1 Å². The van der Waals surface area contributed by atoms with Gasteiger partial charge in [-0.2, -0.15) is 0 Å². The number of likely N-dealkylation sites (N-methyl/N-ethyl adjacent to an activating group) is 1. The molecule has 3 aromatic heterocycles. The number of anilines is 1. The second-order valence-corrected chi connectivity index (χ2v) is 8.89. The highest BCUT2D eigenvalue weighted by Gasteiger charge is 2.14. The maximum absolute atomic E-state index is 12.9. The summed E-state index contributed by atoms with van der Waals surface area (Å²) in [6.45, 7) is 6.12. The topological polar surface area (TPSA) is 53.7 Å². The van der Waals surface area contributed by atoms with E-state index in [4.69, 9.17) is 4.98 Å². The Morgan fingerprint density at radius 1 is 1.00 bits per heavy atom. The van der Waals surface area contributed by atoms with Crippen molar-refractivity contribution in [1.29, 1.82) is 0 Å². The summed E-state index contributed by atoms with van der Waals surface area (Å²) in [6, 6.07) is 11.7.